The van der Waals surface area contributed by atoms with Crippen LogP contribution >= 0.6 is 39.9 Å². The number of hydrogen-bond acceptors (Lipinski definition) is 7. The fourth-order valence-corrected chi connectivity index (χ4v) is 4.16. The molecule has 1 aliphatic rings. The van der Waals surface area contributed by atoms with Crippen molar-refractivity contribution >= 4 is 67.6 Å². The van der Waals surface area contributed by atoms with E-state index in [1.54, 1.807) is 12.1 Å². The molecule has 27 heavy (non-hydrogen) atoms. The Balaban J connectivity index is 1.96. The van der Waals surface area contributed by atoms with Crippen molar-refractivity contribution in [1.82, 2.24) is 0 Å². The number of nitro groups is 1. The molecule has 0 saturated carbocycles. The summed E-state index contributed by atoms with van der Waals surface area (Å²) in [5, 5.41) is 21.0. The van der Waals surface area contributed by atoms with E-state index in [2.05, 4.69) is 15.9 Å². The molecule has 0 unspecified atom stereocenters. The molecule has 7 nitrogen and oxygen atoms in total. The van der Waals surface area contributed by atoms with Crippen molar-refractivity contribution < 1.29 is 19.6 Å². The van der Waals surface area contributed by atoms with Crippen LogP contribution in [0.5, 0.6) is 11.5 Å². The van der Waals surface area contributed by atoms with Crippen molar-refractivity contribution in [3.05, 3.63) is 61.5 Å². The summed E-state index contributed by atoms with van der Waals surface area (Å²) in [4.78, 5) is 24.6. The van der Waals surface area contributed by atoms with E-state index in [0.29, 0.717) is 24.9 Å². The predicted octanol–water partition coefficient (Wildman–Crippen LogP) is 4.48. The number of nitrogens with zero attached hydrogens (tertiary/aromatic N) is 2. The lowest BCUT2D eigenvalue weighted by Gasteiger charge is -2.14. The zero-order valence-electron chi connectivity index (χ0n) is 13.7. The molecule has 1 aliphatic heterocycles. The minimum Gasteiger partial charge on any atom is -0.504 e. The maximum atomic E-state index is 12.8. The first-order valence-electron chi connectivity index (χ1n) is 7.40. The van der Waals surface area contributed by atoms with Crippen LogP contribution in [0.2, 0.25) is 0 Å². The molecule has 1 saturated heterocycles. The van der Waals surface area contributed by atoms with Crippen LogP contribution in [0.1, 0.15) is 5.56 Å². The van der Waals surface area contributed by atoms with Gasteiger partial charge in [-0.05, 0) is 30.3 Å². The van der Waals surface area contributed by atoms with Crippen LogP contribution in [0.15, 0.2) is 45.8 Å². The van der Waals surface area contributed by atoms with Gasteiger partial charge in [0.05, 0.1) is 22.6 Å². The highest BCUT2D eigenvalue weighted by atomic mass is 79.9. The van der Waals surface area contributed by atoms with Gasteiger partial charge in [0.2, 0.25) is 0 Å². The van der Waals surface area contributed by atoms with E-state index in [1.165, 1.54) is 42.4 Å². The highest BCUT2D eigenvalue weighted by Gasteiger charge is 2.33. The van der Waals surface area contributed by atoms with E-state index in [9.17, 15) is 20.0 Å². The first-order valence-corrected chi connectivity index (χ1v) is 9.42. The number of rotatable bonds is 4. The third kappa shape index (κ3) is 3.82. The molecule has 1 heterocycles. The maximum absolute atomic E-state index is 12.8. The maximum Gasteiger partial charge on any atom is 0.270 e. The molecule has 2 aromatic carbocycles. The number of halogens is 1. The van der Waals surface area contributed by atoms with E-state index in [1.807, 2.05) is 0 Å². The summed E-state index contributed by atoms with van der Waals surface area (Å²) in [6, 6.07) is 8.80. The van der Waals surface area contributed by atoms with Crippen molar-refractivity contribution in [3.8, 4) is 11.5 Å². The fourth-order valence-electron chi connectivity index (χ4n) is 2.42. The topological polar surface area (TPSA) is 92.9 Å². The van der Waals surface area contributed by atoms with E-state index in [-0.39, 0.29) is 23.1 Å². The molecule has 1 amide bonds. The molecular weight excluding hydrogens is 456 g/mol. The number of nitro benzene ring substituents is 1. The number of anilines is 1. The summed E-state index contributed by atoms with van der Waals surface area (Å²) in [6.45, 7) is 0. The first-order chi connectivity index (χ1) is 12.8. The Labute approximate surface area is 171 Å². The van der Waals surface area contributed by atoms with Gasteiger partial charge in [0.15, 0.2) is 15.8 Å². The fraction of sp³-hybridized carbons (Fsp3) is 0.0588. The van der Waals surface area contributed by atoms with Crippen molar-refractivity contribution in [3.63, 3.8) is 0 Å². The van der Waals surface area contributed by atoms with Gasteiger partial charge >= 0.3 is 0 Å². The molecule has 1 fully saturated rings. The smallest absolute Gasteiger partial charge is 0.270 e. The van der Waals surface area contributed by atoms with Gasteiger partial charge in [-0.25, -0.2) is 0 Å². The lowest BCUT2D eigenvalue weighted by Crippen LogP contribution is -2.27. The monoisotopic (exact) mass is 466 g/mol. The van der Waals surface area contributed by atoms with Gasteiger partial charge in [-0.1, -0.05) is 39.9 Å². The van der Waals surface area contributed by atoms with E-state index in [4.69, 9.17) is 17.0 Å². The zero-order chi connectivity index (χ0) is 19.7. The number of benzene rings is 2. The lowest BCUT2D eigenvalue weighted by atomic mass is 10.1. The molecule has 0 aliphatic carbocycles. The van der Waals surface area contributed by atoms with Crippen molar-refractivity contribution in [2.75, 3.05) is 12.0 Å². The zero-order valence-corrected chi connectivity index (χ0v) is 16.9. The molecular formula is C17H11BrN2O5S2. The normalized spacial score (nSPS) is 15.5. The second kappa shape index (κ2) is 7.67. The predicted molar refractivity (Wildman–Crippen MR) is 111 cm³/mol. The summed E-state index contributed by atoms with van der Waals surface area (Å²) in [5.41, 5.74) is 0.749. The number of phenolic OH excluding ortho intramolecular Hbond substituents is 1. The van der Waals surface area contributed by atoms with Gasteiger partial charge in [-0.3, -0.25) is 19.8 Å². The highest BCUT2D eigenvalue weighted by molar-refractivity contribution is 9.10. The Bertz CT molecular complexity index is 992. The average Bonchev–Trinajstić information content (AvgIpc) is 2.91. The number of methoxy groups -OCH3 is 1. The van der Waals surface area contributed by atoms with Crippen LogP contribution in [0.25, 0.3) is 6.08 Å². The number of amides is 1. The van der Waals surface area contributed by atoms with Gasteiger partial charge in [0, 0.05) is 22.2 Å². The second-order valence-corrected chi connectivity index (χ2v) is 7.93. The summed E-state index contributed by atoms with van der Waals surface area (Å²) in [5.74, 6) is -0.208. The number of ether oxygens (including phenoxy) is 1. The van der Waals surface area contributed by atoms with E-state index < -0.39 is 4.92 Å². The molecule has 0 atom stereocenters. The molecule has 10 heteroatoms. The van der Waals surface area contributed by atoms with Gasteiger partial charge in [-0.2, -0.15) is 0 Å². The Morgan fingerprint density at radius 3 is 2.59 bits per heavy atom. The number of carbonyl (C=O) groups excluding carboxylic acids is 1. The molecule has 0 spiro atoms. The standard InChI is InChI=1S/C17H11BrN2O5S2/c1-25-13-8-10(18)6-9(15(13)21)7-14-16(22)19(17(26)27-14)11-2-4-12(5-3-11)20(23)24/h2-8,21H,1H3. The van der Waals surface area contributed by atoms with Crippen LogP contribution in [0.3, 0.4) is 0 Å². The number of hydrogen-bond donors (Lipinski definition) is 1. The molecule has 138 valence electrons. The van der Waals surface area contributed by atoms with Crippen molar-refractivity contribution in [2.45, 2.75) is 0 Å². The Kier molecular flexibility index (Phi) is 5.49. The molecule has 2 aromatic rings. The summed E-state index contributed by atoms with van der Waals surface area (Å²) < 4.78 is 6.08. The minimum atomic E-state index is -0.516. The Morgan fingerprint density at radius 2 is 2.00 bits per heavy atom. The third-order valence-corrected chi connectivity index (χ3v) is 5.45. The largest absolute Gasteiger partial charge is 0.504 e. The Morgan fingerprint density at radius 1 is 1.33 bits per heavy atom. The lowest BCUT2D eigenvalue weighted by molar-refractivity contribution is -0.384. The van der Waals surface area contributed by atoms with Crippen LogP contribution in [0, 0.1) is 10.1 Å². The first kappa shape index (κ1) is 19.3. The third-order valence-electron chi connectivity index (χ3n) is 3.69. The van der Waals surface area contributed by atoms with Crippen LogP contribution < -0.4 is 9.64 Å². The second-order valence-electron chi connectivity index (χ2n) is 5.34. The van der Waals surface area contributed by atoms with E-state index in [0.717, 1.165) is 11.8 Å². The van der Waals surface area contributed by atoms with Crippen LogP contribution in [-0.2, 0) is 4.79 Å². The number of thiocarbonyl (C=S) groups is 1. The number of carbonyl (C=O) groups is 1. The van der Waals surface area contributed by atoms with Gasteiger partial charge < -0.3 is 9.84 Å². The van der Waals surface area contributed by atoms with Gasteiger partial charge in [0.1, 0.15) is 0 Å². The molecule has 0 radical (unpaired) electrons. The van der Waals surface area contributed by atoms with Crippen LogP contribution in [-0.4, -0.2) is 27.4 Å². The molecule has 0 aromatic heterocycles. The number of phenols is 1. The summed E-state index contributed by atoms with van der Waals surface area (Å²) in [7, 11) is 1.43. The molecule has 1 N–H and O–H groups in total. The van der Waals surface area contributed by atoms with Crippen molar-refractivity contribution in [2.24, 2.45) is 0 Å². The minimum absolute atomic E-state index is 0.0779. The van der Waals surface area contributed by atoms with Crippen molar-refractivity contribution in [1.29, 1.82) is 0 Å². The van der Waals surface area contributed by atoms with Gasteiger partial charge in [-0.15, -0.1) is 0 Å². The van der Waals surface area contributed by atoms with Crippen LogP contribution in [0.4, 0.5) is 11.4 Å². The summed E-state index contributed by atoms with van der Waals surface area (Å²) >= 11 is 9.69. The van der Waals surface area contributed by atoms with E-state index >= 15 is 0 Å². The van der Waals surface area contributed by atoms with Gasteiger partial charge in [0.25, 0.3) is 11.6 Å². The highest BCUT2D eigenvalue weighted by Crippen LogP contribution is 2.40. The SMILES string of the molecule is COc1cc(Br)cc(C=C2SC(=S)N(c3ccc([N+](=O)[O-])cc3)C2=O)c1O. The summed E-state index contributed by atoms with van der Waals surface area (Å²) in [6.07, 6.45) is 1.52. The number of aromatic hydroxyl groups is 1. The average molecular weight is 467 g/mol. The molecule has 0 bridgehead atoms. The number of non-ortho nitro benzene ring substituents is 1. The quantitative estimate of drug-likeness (QED) is 0.307. The number of thioether (sulfide) groups is 1. The Hall–Kier alpha value is -2.43. The molecule has 3 rings (SSSR count).